The monoisotopic (exact) mass is 523 g/mol. The summed E-state index contributed by atoms with van der Waals surface area (Å²) in [5.74, 6) is 0.203. The van der Waals surface area contributed by atoms with Crippen LogP contribution in [0.2, 0.25) is 0 Å². The van der Waals surface area contributed by atoms with Gasteiger partial charge in [-0.2, -0.15) is 0 Å². The average Bonchev–Trinajstić information content (AvgIpc) is 3.32. The van der Waals surface area contributed by atoms with Gasteiger partial charge < -0.3 is 19.5 Å². The summed E-state index contributed by atoms with van der Waals surface area (Å²) in [5, 5.41) is 12.3. The molecule has 0 spiro atoms. The number of aliphatic hydroxyl groups excluding tert-OH is 1. The number of methoxy groups -OCH3 is 2. The Morgan fingerprint density at radius 1 is 1.03 bits per heavy atom. The van der Waals surface area contributed by atoms with Crippen molar-refractivity contribution in [3.05, 3.63) is 83.7 Å². The van der Waals surface area contributed by atoms with Crippen molar-refractivity contribution in [1.82, 2.24) is 13.9 Å². The van der Waals surface area contributed by atoms with Crippen molar-refractivity contribution in [3.63, 3.8) is 0 Å². The number of benzene rings is 2. The van der Waals surface area contributed by atoms with Gasteiger partial charge in [0.15, 0.2) is 0 Å². The number of amides is 1. The third-order valence-corrected chi connectivity index (χ3v) is 8.01. The lowest BCUT2D eigenvalue weighted by Gasteiger charge is -2.23. The molecule has 0 saturated carbocycles. The highest BCUT2D eigenvalue weighted by atomic mass is 32.2. The predicted molar refractivity (Wildman–Crippen MR) is 140 cm³/mol. The maximum absolute atomic E-state index is 13.9. The van der Waals surface area contributed by atoms with Crippen LogP contribution in [0, 0.1) is 0 Å². The molecule has 10 heteroatoms. The van der Waals surface area contributed by atoms with Gasteiger partial charge in [-0.15, -0.1) is 0 Å². The van der Waals surface area contributed by atoms with E-state index in [4.69, 9.17) is 9.47 Å². The predicted octanol–water partition coefficient (Wildman–Crippen LogP) is 3.85. The average molecular weight is 524 g/mol. The maximum Gasteiger partial charge on any atom is 0.268 e. The fraction of sp³-hybridized carbons (Fsp3) is 0.259. The minimum absolute atomic E-state index is 0.0451. The molecule has 2 heterocycles. The van der Waals surface area contributed by atoms with Crippen molar-refractivity contribution in [2.45, 2.75) is 24.8 Å². The molecule has 2 aromatic carbocycles. The molecule has 1 amide bonds. The highest BCUT2D eigenvalue weighted by Gasteiger charge is 2.32. The number of hydrogen-bond donors (Lipinski definition) is 1. The molecule has 4 aromatic rings. The van der Waals surface area contributed by atoms with E-state index in [1.54, 1.807) is 47.4 Å². The molecule has 0 aliphatic rings. The second kappa shape index (κ2) is 10.6. The minimum atomic E-state index is -4.13. The van der Waals surface area contributed by atoms with E-state index < -0.39 is 16.1 Å². The summed E-state index contributed by atoms with van der Waals surface area (Å²) in [6.45, 7) is 4.56. The summed E-state index contributed by atoms with van der Waals surface area (Å²) >= 11 is 0. The smallest absolute Gasteiger partial charge is 0.268 e. The first kappa shape index (κ1) is 26.2. The summed E-state index contributed by atoms with van der Waals surface area (Å²) in [7, 11) is -1.22. The SMILES string of the molecule is CCN(CC)C(=O)c1c(C(O)c2cc3cc(OC)ccc3n2S(=O)(=O)c2ccccc2)ccnc1OC. The molecule has 1 N–H and O–H groups in total. The third-order valence-electron chi connectivity index (χ3n) is 6.25. The summed E-state index contributed by atoms with van der Waals surface area (Å²) in [5.41, 5.74) is 0.682. The Bertz CT molecular complexity index is 1530. The van der Waals surface area contributed by atoms with E-state index in [2.05, 4.69) is 4.98 Å². The Morgan fingerprint density at radius 2 is 1.73 bits per heavy atom. The number of pyridine rings is 1. The van der Waals surface area contributed by atoms with Crippen LogP contribution in [-0.4, -0.2) is 60.6 Å². The van der Waals surface area contributed by atoms with Crippen LogP contribution in [0.5, 0.6) is 11.6 Å². The lowest BCUT2D eigenvalue weighted by molar-refractivity contribution is 0.0763. The Balaban J connectivity index is 2.00. The number of carbonyl (C=O) groups is 1. The van der Waals surface area contributed by atoms with Gasteiger partial charge in [0.1, 0.15) is 17.4 Å². The van der Waals surface area contributed by atoms with E-state index in [1.165, 1.54) is 38.6 Å². The summed E-state index contributed by atoms with van der Waals surface area (Å²) in [4.78, 5) is 19.3. The normalized spacial score (nSPS) is 12.4. The topological polar surface area (TPSA) is 111 Å². The molecule has 0 saturated heterocycles. The first-order valence-corrected chi connectivity index (χ1v) is 13.2. The van der Waals surface area contributed by atoms with Gasteiger partial charge in [0.2, 0.25) is 5.88 Å². The van der Waals surface area contributed by atoms with Crippen molar-refractivity contribution in [2.75, 3.05) is 27.3 Å². The fourth-order valence-electron chi connectivity index (χ4n) is 4.36. The molecule has 4 rings (SSSR count). The van der Waals surface area contributed by atoms with Crippen LogP contribution in [0.15, 0.2) is 71.8 Å². The van der Waals surface area contributed by atoms with Crippen molar-refractivity contribution >= 4 is 26.8 Å². The largest absolute Gasteiger partial charge is 0.497 e. The molecule has 0 bridgehead atoms. The van der Waals surface area contributed by atoms with E-state index in [-0.39, 0.29) is 33.5 Å². The van der Waals surface area contributed by atoms with E-state index in [0.29, 0.717) is 29.7 Å². The van der Waals surface area contributed by atoms with Crippen LogP contribution in [0.25, 0.3) is 10.9 Å². The lowest BCUT2D eigenvalue weighted by Crippen LogP contribution is -2.32. The van der Waals surface area contributed by atoms with Crippen LogP contribution in [-0.2, 0) is 10.0 Å². The van der Waals surface area contributed by atoms with E-state index in [9.17, 15) is 18.3 Å². The number of fused-ring (bicyclic) bond motifs is 1. The van der Waals surface area contributed by atoms with Crippen molar-refractivity contribution < 1.29 is 27.8 Å². The minimum Gasteiger partial charge on any atom is -0.497 e. The van der Waals surface area contributed by atoms with Crippen LogP contribution < -0.4 is 9.47 Å². The highest BCUT2D eigenvalue weighted by Crippen LogP contribution is 2.36. The van der Waals surface area contributed by atoms with Gasteiger partial charge in [-0.25, -0.2) is 17.4 Å². The van der Waals surface area contributed by atoms with Crippen LogP contribution >= 0.6 is 0 Å². The Kier molecular flexibility index (Phi) is 7.51. The van der Waals surface area contributed by atoms with E-state index in [0.717, 1.165) is 3.97 Å². The molecule has 1 atom stereocenters. The van der Waals surface area contributed by atoms with E-state index in [1.807, 2.05) is 13.8 Å². The van der Waals surface area contributed by atoms with Crippen LogP contribution in [0.1, 0.15) is 41.6 Å². The summed E-state index contributed by atoms with van der Waals surface area (Å²) < 4.78 is 39.6. The number of hydrogen-bond acceptors (Lipinski definition) is 7. The zero-order valence-electron chi connectivity index (χ0n) is 21.1. The Morgan fingerprint density at radius 3 is 2.35 bits per heavy atom. The highest BCUT2D eigenvalue weighted by molar-refractivity contribution is 7.90. The number of aliphatic hydroxyl groups is 1. The second-order valence-corrected chi connectivity index (χ2v) is 10.0. The first-order valence-electron chi connectivity index (χ1n) is 11.8. The molecule has 0 aliphatic carbocycles. The molecule has 2 aromatic heterocycles. The molecular weight excluding hydrogens is 494 g/mol. The zero-order chi connectivity index (χ0) is 26.7. The number of aromatic nitrogens is 2. The van der Waals surface area contributed by atoms with Gasteiger partial charge in [0.25, 0.3) is 15.9 Å². The number of carbonyl (C=O) groups excluding carboxylic acids is 1. The van der Waals surface area contributed by atoms with Crippen LogP contribution in [0.4, 0.5) is 0 Å². The molecule has 0 aliphatic heterocycles. The summed E-state index contributed by atoms with van der Waals surface area (Å²) in [6, 6.07) is 16.0. The van der Waals surface area contributed by atoms with Gasteiger partial charge in [0, 0.05) is 30.2 Å². The Hall–Kier alpha value is -3.89. The maximum atomic E-state index is 13.9. The number of nitrogens with zero attached hydrogens (tertiary/aromatic N) is 3. The quantitative estimate of drug-likeness (QED) is 0.355. The summed E-state index contributed by atoms with van der Waals surface area (Å²) in [6.07, 6.45) is -0.0822. The van der Waals surface area contributed by atoms with Gasteiger partial charge in [-0.3, -0.25) is 4.79 Å². The fourth-order valence-corrected chi connectivity index (χ4v) is 5.92. The van der Waals surface area contributed by atoms with Gasteiger partial charge in [-0.05, 0) is 56.3 Å². The molecular formula is C27H29N3O6S. The Labute approximate surface area is 215 Å². The lowest BCUT2D eigenvalue weighted by atomic mass is 10.0. The van der Waals surface area contributed by atoms with E-state index >= 15 is 0 Å². The number of ether oxygens (including phenoxy) is 2. The number of rotatable bonds is 9. The third kappa shape index (κ3) is 4.65. The van der Waals surface area contributed by atoms with Crippen molar-refractivity contribution in [1.29, 1.82) is 0 Å². The van der Waals surface area contributed by atoms with Gasteiger partial charge >= 0.3 is 0 Å². The van der Waals surface area contributed by atoms with Crippen molar-refractivity contribution in [3.8, 4) is 11.6 Å². The second-order valence-electron chi connectivity index (χ2n) is 8.24. The van der Waals surface area contributed by atoms with Gasteiger partial charge in [-0.1, -0.05) is 18.2 Å². The molecule has 0 radical (unpaired) electrons. The van der Waals surface area contributed by atoms with Gasteiger partial charge in [0.05, 0.1) is 30.3 Å². The first-order chi connectivity index (χ1) is 17.8. The molecule has 1 unspecified atom stereocenters. The molecule has 0 fully saturated rings. The molecule has 194 valence electrons. The standard InChI is InChI=1S/C27H29N3O6S/c1-5-29(6-2)27(32)24-21(14-15-28-26(24)36-4)25(31)23-17-18-16-19(35-3)12-13-22(18)30(23)37(33,34)20-10-8-7-9-11-20/h7-17,25,31H,5-6H2,1-4H3. The van der Waals surface area contributed by atoms with Crippen molar-refractivity contribution in [2.24, 2.45) is 0 Å². The van der Waals surface area contributed by atoms with Crippen LogP contribution in [0.3, 0.4) is 0 Å². The zero-order valence-corrected chi connectivity index (χ0v) is 21.9. The molecule has 37 heavy (non-hydrogen) atoms. The molecule has 9 nitrogen and oxygen atoms in total.